The zero-order valence-corrected chi connectivity index (χ0v) is 19.9. The van der Waals surface area contributed by atoms with E-state index in [0.29, 0.717) is 36.3 Å². The van der Waals surface area contributed by atoms with Gasteiger partial charge in [0, 0.05) is 26.1 Å². The van der Waals surface area contributed by atoms with Gasteiger partial charge in [-0.15, -0.1) is 0 Å². The van der Waals surface area contributed by atoms with Crippen molar-refractivity contribution in [3.8, 4) is 5.75 Å². The Kier molecular flexibility index (Phi) is 8.40. The molecule has 8 heteroatoms. The predicted octanol–water partition coefficient (Wildman–Crippen LogP) is 3.01. The first kappa shape index (κ1) is 25.0. The van der Waals surface area contributed by atoms with Gasteiger partial charge in [0.15, 0.2) is 0 Å². The highest BCUT2D eigenvalue weighted by Gasteiger charge is 2.35. The van der Waals surface area contributed by atoms with Crippen LogP contribution in [-0.2, 0) is 16.1 Å². The Labute approximate surface area is 199 Å². The van der Waals surface area contributed by atoms with Crippen LogP contribution in [0.5, 0.6) is 5.75 Å². The average molecular weight is 466 g/mol. The molecular weight excluding hydrogens is 434 g/mol. The summed E-state index contributed by atoms with van der Waals surface area (Å²) in [5.74, 6) is -0.425. The number of amides is 4. The number of ether oxygens (including phenoxy) is 1. The van der Waals surface area contributed by atoms with Crippen LogP contribution in [0.2, 0.25) is 0 Å². The normalized spacial score (nSPS) is 13.4. The first-order valence-corrected chi connectivity index (χ1v) is 11.6. The highest BCUT2D eigenvalue weighted by molar-refractivity contribution is 6.21. The molecule has 180 valence electrons. The van der Waals surface area contributed by atoms with E-state index in [2.05, 4.69) is 5.32 Å². The molecule has 8 nitrogen and oxygen atoms in total. The van der Waals surface area contributed by atoms with Crippen LogP contribution >= 0.6 is 0 Å². The predicted molar refractivity (Wildman–Crippen MR) is 127 cm³/mol. The number of hydrogen-bond acceptors (Lipinski definition) is 5. The molecule has 0 spiro atoms. The number of rotatable bonds is 11. The van der Waals surface area contributed by atoms with Crippen LogP contribution in [-0.4, -0.2) is 59.7 Å². The Morgan fingerprint density at radius 3 is 2.29 bits per heavy atom. The lowest BCUT2D eigenvalue weighted by molar-refractivity contribution is -0.141. The van der Waals surface area contributed by atoms with E-state index in [0.717, 1.165) is 5.56 Å². The first-order chi connectivity index (χ1) is 16.4. The number of hydrogen-bond donors (Lipinski definition) is 1. The van der Waals surface area contributed by atoms with Gasteiger partial charge in [0.05, 0.1) is 18.2 Å². The summed E-state index contributed by atoms with van der Waals surface area (Å²) in [7, 11) is 1.57. The summed E-state index contributed by atoms with van der Waals surface area (Å²) in [5.41, 5.74) is 1.62. The molecule has 3 rings (SSSR count). The van der Waals surface area contributed by atoms with Crippen molar-refractivity contribution < 1.29 is 23.9 Å². The van der Waals surface area contributed by atoms with Crippen molar-refractivity contribution in [2.45, 2.75) is 45.7 Å². The fourth-order valence-corrected chi connectivity index (χ4v) is 4.15. The molecule has 1 heterocycles. The molecule has 0 aromatic heterocycles. The van der Waals surface area contributed by atoms with Crippen molar-refractivity contribution in [2.75, 3.05) is 20.2 Å². The number of fused-ring (bicyclic) bond motifs is 1. The maximum Gasteiger partial charge on any atom is 0.261 e. The monoisotopic (exact) mass is 465 g/mol. The van der Waals surface area contributed by atoms with Gasteiger partial charge in [-0.2, -0.15) is 0 Å². The van der Waals surface area contributed by atoms with Gasteiger partial charge >= 0.3 is 0 Å². The number of nitrogens with one attached hydrogen (secondary N) is 1. The zero-order valence-electron chi connectivity index (χ0n) is 19.9. The second-order valence-electron chi connectivity index (χ2n) is 8.10. The van der Waals surface area contributed by atoms with Crippen LogP contribution in [0.15, 0.2) is 48.5 Å². The van der Waals surface area contributed by atoms with Crippen LogP contribution in [0.25, 0.3) is 0 Å². The van der Waals surface area contributed by atoms with Crippen molar-refractivity contribution in [3.63, 3.8) is 0 Å². The minimum Gasteiger partial charge on any atom is -0.497 e. The van der Waals surface area contributed by atoms with Gasteiger partial charge in [0.25, 0.3) is 11.8 Å². The second-order valence-corrected chi connectivity index (χ2v) is 8.10. The van der Waals surface area contributed by atoms with E-state index in [1.807, 2.05) is 38.1 Å². The molecule has 1 atom stereocenters. The molecule has 1 aliphatic rings. The van der Waals surface area contributed by atoms with Gasteiger partial charge in [-0.05, 0) is 49.6 Å². The number of nitrogens with zero attached hydrogens (tertiary/aromatic N) is 2. The summed E-state index contributed by atoms with van der Waals surface area (Å²) in [6, 6.07) is 13.5. The van der Waals surface area contributed by atoms with Gasteiger partial charge < -0.3 is 15.0 Å². The summed E-state index contributed by atoms with van der Waals surface area (Å²) in [5, 5.41) is 2.81. The minimum atomic E-state index is -0.627. The molecule has 0 saturated carbocycles. The number of methoxy groups -OCH3 is 1. The van der Waals surface area contributed by atoms with Crippen molar-refractivity contribution in [1.29, 1.82) is 0 Å². The van der Waals surface area contributed by atoms with Gasteiger partial charge in [0.2, 0.25) is 11.8 Å². The van der Waals surface area contributed by atoms with Crippen LogP contribution in [0.3, 0.4) is 0 Å². The van der Waals surface area contributed by atoms with E-state index in [1.54, 1.807) is 36.3 Å². The molecule has 2 aromatic rings. The molecule has 0 aliphatic carbocycles. The van der Waals surface area contributed by atoms with Gasteiger partial charge in [-0.1, -0.05) is 31.2 Å². The van der Waals surface area contributed by atoms with Gasteiger partial charge in [0.1, 0.15) is 11.8 Å². The van der Waals surface area contributed by atoms with Crippen LogP contribution in [0, 0.1) is 0 Å². The molecule has 1 aliphatic heterocycles. The first-order valence-electron chi connectivity index (χ1n) is 11.6. The third-order valence-corrected chi connectivity index (χ3v) is 5.87. The largest absolute Gasteiger partial charge is 0.497 e. The summed E-state index contributed by atoms with van der Waals surface area (Å²) < 4.78 is 5.29. The quantitative estimate of drug-likeness (QED) is 0.515. The standard InChI is InChI=1S/C26H31N3O5/c1-4-22(24(31)27-5-2)29(17-18-10-8-11-19(16-18)34-3)23(30)14-9-15-28-25(32)20-12-6-7-13-21(20)26(28)33/h6-8,10-13,16,22H,4-5,9,14-15,17H2,1-3H3,(H,27,31)/t22-/m0/s1. The third-order valence-electron chi connectivity index (χ3n) is 5.87. The Morgan fingerprint density at radius 2 is 1.71 bits per heavy atom. The maximum atomic E-state index is 13.3. The molecular formula is C26H31N3O5. The highest BCUT2D eigenvalue weighted by Crippen LogP contribution is 2.23. The maximum absolute atomic E-state index is 13.3. The van der Waals surface area contributed by atoms with E-state index in [1.165, 1.54) is 4.90 Å². The second kappa shape index (κ2) is 11.4. The molecule has 0 saturated heterocycles. The molecule has 2 aromatic carbocycles. The Morgan fingerprint density at radius 1 is 1.03 bits per heavy atom. The number of imide groups is 1. The van der Waals surface area contributed by atoms with Crippen LogP contribution in [0.1, 0.15) is 59.4 Å². The third kappa shape index (κ3) is 5.44. The molecule has 0 radical (unpaired) electrons. The summed E-state index contributed by atoms with van der Waals surface area (Å²) in [6.45, 7) is 4.56. The van der Waals surface area contributed by atoms with E-state index in [9.17, 15) is 19.2 Å². The van der Waals surface area contributed by atoms with Gasteiger partial charge in [-0.25, -0.2) is 0 Å². The van der Waals surface area contributed by atoms with Crippen molar-refractivity contribution in [3.05, 3.63) is 65.2 Å². The van der Waals surface area contributed by atoms with E-state index < -0.39 is 6.04 Å². The smallest absolute Gasteiger partial charge is 0.261 e. The topological polar surface area (TPSA) is 96.0 Å². The molecule has 4 amide bonds. The number of likely N-dealkylation sites (N-methyl/N-ethyl adjacent to an activating group) is 1. The lowest BCUT2D eigenvalue weighted by atomic mass is 10.1. The molecule has 0 unspecified atom stereocenters. The summed E-state index contributed by atoms with van der Waals surface area (Å²) >= 11 is 0. The number of carbonyl (C=O) groups is 4. The molecule has 0 bridgehead atoms. The SMILES string of the molecule is CCNC(=O)[C@H](CC)N(Cc1cccc(OC)c1)C(=O)CCCN1C(=O)c2ccccc2C1=O. The summed E-state index contributed by atoms with van der Waals surface area (Å²) in [6.07, 6.45) is 0.873. The number of carbonyl (C=O) groups excluding carboxylic acids is 4. The van der Waals surface area contributed by atoms with Crippen LogP contribution in [0.4, 0.5) is 0 Å². The van der Waals surface area contributed by atoms with Crippen molar-refractivity contribution >= 4 is 23.6 Å². The van der Waals surface area contributed by atoms with Crippen molar-refractivity contribution in [1.82, 2.24) is 15.1 Å². The Balaban J connectivity index is 1.71. The van der Waals surface area contributed by atoms with E-state index in [-0.39, 0.29) is 43.1 Å². The summed E-state index contributed by atoms with van der Waals surface area (Å²) in [4.78, 5) is 53.9. The Hall–Kier alpha value is -3.68. The fraction of sp³-hybridized carbons (Fsp3) is 0.385. The molecule has 34 heavy (non-hydrogen) atoms. The van der Waals surface area contributed by atoms with E-state index >= 15 is 0 Å². The minimum absolute atomic E-state index is 0.104. The number of benzene rings is 2. The lowest BCUT2D eigenvalue weighted by Gasteiger charge is -2.31. The van der Waals surface area contributed by atoms with E-state index in [4.69, 9.17) is 4.74 Å². The molecule has 1 N–H and O–H groups in total. The zero-order chi connectivity index (χ0) is 24.7. The lowest BCUT2D eigenvalue weighted by Crippen LogP contribution is -2.49. The highest BCUT2D eigenvalue weighted by atomic mass is 16.5. The van der Waals surface area contributed by atoms with Crippen LogP contribution < -0.4 is 10.1 Å². The van der Waals surface area contributed by atoms with Crippen molar-refractivity contribution in [2.24, 2.45) is 0 Å². The Bertz CT molecular complexity index is 1030. The average Bonchev–Trinajstić information content (AvgIpc) is 3.09. The fourth-order valence-electron chi connectivity index (χ4n) is 4.15. The van der Waals surface area contributed by atoms with Gasteiger partial charge in [-0.3, -0.25) is 24.1 Å². The molecule has 0 fully saturated rings.